The van der Waals surface area contributed by atoms with Crippen LogP contribution < -0.4 is 29.5 Å². The van der Waals surface area contributed by atoms with Gasteiger partial charge in [-0.1, -0.05) is 11.8 Å². The number of nitrogens with one attached hydrogen (secondary N) is 2. The largest absolute Gasteiger partial charge is 1.00 e. The van der Waals surface area contributed by atoms with Crippen molar-refractivity contribution < 1.29 is 32.9 Å². The summed E-state index contributed by atoms with van der Waals surface area (Å²) in [5, 5.41) is 15.2. The minimum absolute atomic E-state index is 0. The van der Waals surface area contributed by atoms with Gasteiger partial charge in [-0.2, -0.15) is 16.9 Å². The Hall–Kier alpha value is -2.01. The fourth-order valence-electron chi connectivity index (χ4n) is 1.26. The maximum absolute atomic E-state index is 10.4. The average molecular weight is 312 g/mol. The van der Waals surface area contributed by atoms with Crippen LogP contribution in [-0.4, -0.2) is 29.9 Å². The van der Waals surface area contributed by atoms with Gasteiger partial charge in [0.15, 0.2) is 0 Å². The molecule has 2 heterocycles. The van der Waals surface area contributed by atoms with Crippen LogP contribution >= 0.6 is 11.3 Å². The average Bonchev–Trinajstić information content (AvgIpc) is 3.06. The van der Waals surface area contributed by atoms with Gasteiger partial charge in [0.1, 0.15) is 6.26 Å². The molecule has 22 heavy (non-hydrogen) atoms. The molecule has 0 aliphatic heterocycles. The number of thiophene rings is 1. The molecule has 2 rings (SSSR count). The zero-order valence-corrected chi connectivity index (χ0v) is 13.3. The topological polar surface area (TPSA) is 107 Å². The van der Waals surface area contributed by atoms with E-state index in [1.807, 2.05) is 0 Å². The van der Waals surface area contributed by atoms with Crippen molar-refractivity contribution in [3.8, 4) is 0 Å². The van der Waals surface area contributed by atoms with Gasteiger partial charge in [0.05, 0.1) is 17.1 Å². The van der Waals surface area contributed by atoms with E-state index in [9.17, 15) is 9.59 Å². The molecule has 0 radical (unpaired) electrons. The number of hydrogen-bond acceptors (Lipinski definition) is 6. The summed E-state index contributed by atoms with van der Waals surface area (Å²) in [4.78, 5) is 24.6. The van der Waals surface area contributed by atoms with Gasteiger partial charge in [-0.15, -0.1) is 6.07 Å². The van der Waals surface area contributed by atoms with Gasteiger partial charge in [0, 0.05) is 13.3 Å². The summed E-state index contributed by atoms with van der Waals surface area (Å²) >= 11 is 1.27. The molecule has 0 saturated carbocycles. The summed E-state index contributed by atoms with van der Waals surface area (Å²) < 4.78 is 4.66. The molecule has 0 aliphatic rings. The van der Waals surface area contributed by atoms with E-state index >= 15 is 0 Å². The second kappa shape index (κ2) is 9.84. The Morgan fingerprint density at radius 2 is 2.23 bits per heavy atom. The van der Waals surface area contributed by atoms with Gasteiger partial charge in [-0.05, 0) is 0 Å². The number of anilines is 2. The van der Waals surface area contributed by atoms with Crippen molar-refractivity contribution in [3.63, 3.8) is 0 Å². The van der Waals surface area contributed by atoms with Crippen molar-refractivity contribution >= 4 is 40.3 Å². The molecule has 0 aliphatic carbocycles. The van der Waals surface area contributed by atoms with Crippen LogP contribution in [0.5, 0.6) is 0 Å². The molecule has 7 nitrogen and oxygen atoms in total. The molecular formula is C13H13LiN4O3S-2. The molecule has 112 valence electrons. The zero-order chi connectivity index (χ0) is 15.8. The van der Waals surface area contributed by atoms with E-state index < -0.39 is 5.91 Å². The Morgan fingerprint density at radius 1 is 1.55 bits per heavy atom. The number of carbonyl (C=O) groups excluding carboxylic acids is 2. The molecule has 0 aromatic carbocycles. The van der Waals surface area contributed by atoms with Crippen molar-refractivity contribution in [3.05, 3.63) is 41.3 Å². The van der Waals surface area contributed by atoms with Crippen molar-refractivity contribution in [2.24, 2.45) is 0 Å². The summed E-state index contributed by atoms with van der Waals surface area (Å²) in [7, 11) is 1.76. The normalized spacial score (nSPS) is 8.82. The van der Waals surface area contributed by atoms with Crippen molar-refractivity contribution in [1.82, 2.24) is 4.98 Å². The van der Waals surface area contributed by atoms with Crippen molar-refractivity contribution in [1.29, 1.82) is 0 Å². The molecule has 0 saturated heterocycles. The molecule has 9 heteroatoms. The molecule has 0 unspecified atom stereocenters. The second-order valence-electron chi connectivity index (χ2n) is 3.68. The fraction of sp³-hybridized carbons (Fsp3) is 0.154. The van der Waals surface area contributed by atoms with Gasteiger partial charge in [0.2, 0.25) is 0 Å². The third-order valence-corrected chi connectivity index (χ3v) is 3.19. The van der Waals surface area contributed by atoms with Crippen LogP contribution in [0.2, 0.25) is 0 Å². The summed E-state index contributed by atoms with van der Waals surface area (Å²) in [5.74, 6) is -0.433. The van der Waals surface area contributed by atoms with E-state index in [2.05, 4.69) is 27.0 Å². The third-order valence-electron chi connectivity index (χ3n) is 2.14. The summed E-state index contributed by atoms with van der Waals surface area (Å²) in [6.07, 6.45) is 4.58. The molecule has 2 aromatic heterocycles. The first-order valence-electron chi connectivity index (χ1n) is 5.73. The molecule has 0 fully saturated rings. The SMILES string of the molecule is CNc1cc(C(C)=[N-])c([C-]=O)s1.[CH2-]C(=O)Nc1ncco1.[Li+]. The monoisotopic (exact) mass is 312 g/mol. The molecule has 0 bridgehead atoms. The number of rotatable bonds is 4. The molecular weight excluding hydrogens is 299 g/mol. The van der Waals surface area contributed by atoms with Crippen LogP contribution in [0.4, 0.5) is 11.0 Å². The zero-order valence-electron chi connectivity index (χ0n) is 12.5. The number of amides is 1. The number of aromatic nitrogens is 1. The number of carbonyl (C=O) groups is 1. The Morgan fingerprint density at radius 3 is 2.59 bits per heavy atom. The van der Waals surface area contributed by atoms with Gasteiger partial charge >= 0.3 is 18.9 Å². The maximum atomic E-state index is 10.4. The van der Waals surface area contributed by atoms with Gasteiger partial charge in [-0.3, -0.25) is 5.71 Å². The second-order valence-corrected chi connectivity index (χ2v) is 4.73. The van der Waals surface area contributed by atoms with Crippen LogP contribution in [0.25, 0.3) is 5.41 Å². The van der Waals surface area contributed by atoms with Crippen LogP contribution in [0.15, 0.2) is 22.9 Å². The summed E-state index contributed by atoms with van der Waals surface area (Å²) in [6.45, 7) is 4.61. The first kappa shape index (κ1) is 20.0. The maximum Gasteiger partial charge on any atom is 1.00 e. The van der Waals surface area contributed by atoms with E-state index in [-0.39, 0.29) is 30.6 Å². The minimum Gasteiger partial charge on any atom is -0.824 e. The Labute approximate surface area is 144 Å². The Bertz CT molecular complexity index is 625. The van der Waals surface area contributed by atoms with E-state index in [0.717, 1.165) is 5.00 Å². The predicted octanol–water partition coefficient (Wildman–Crippen LogP) is -0.923. The van der Waals surface area contributed by atoms with E-state index in [1.165, 1.54) is 23.8 Å². The number of hydrogen-bond donors (Lipinski definition) is 2. The number of oxazole rings is 1. The minimum atomic E-state index is -0.433. The molecule has 2 N–H and O–H groups in total. The predicted molar refractivity (Wildman–Crippen MR) is 82.3 cm³/mol. The van der Waals surface area contributed by atoms with Crippen molar-refractivity contribution in [2.75, 3.05) is 17.7 Å². The molecule has 0 spiro atoms. The van der Waals surface area contributed by atoms with Gasteiger partial charge in [0.25, 0.3) is 6.01 Å². The number of nitrogens with zero attached hydrogens (tertiary/aromatic N) is 2. The smallest absolute Gasteiger partial charge is 0.824 e. The Balaban J connectivity index is 0.000000397. The molecule has 0 atom stereocenters. The first-order valence-corrected chi connectivity index (χ1v) is 6.54. The fourth-order valence-corrected chi connectivity index (χ4v) is 2.12. The Kier molecular flexibility index (Phi) is 8.94. The third kappa shape index (κ3) is 6.18. The van der Waals surface area contributed by atoms with Crippen LogP contribution in [0, 0.1) is 6.92 Å². The summed E-state index contributed by atoms with van der Waals surface area (Å²) in [6, 6.07) is 1.90. The van der Waals surface area contributed by atoms with Gasteiger partial charge < -0.3 is 37.0 Å². The van der Waals surface area contributed by atoms with Crippen molar-refractivity contribution in [2.45, 2.75) is 6.92 Å². The summed E-state index contributed by atoms with van der Waals surface area (Å²) in [5.41, 5.74) is 0.699. The van der Waals surface area contributed by atoms with Crippen LogP contribution in [0.3, 0.4) is 0 Å². The molecule has 1 amide bonds. The standard InChI is InChI=1S/C8H8N2OS.C5H5N2O2.Li/c1-5(9)6-3-8(10-2)12-7(6)4-11;1-4(8)7-5-6-2-3-9-5;/h3,10H,1-2H3;2-3H,1H2,(H,6,7,8);/q-2;-1;+1. The first-order chi connectivity index (χ1) is 9.97. The van der Waals surface area contributed by atoms with Crippen LogP contribution in [-0.2, 0) is 9.59 Å². The van der Waals surface area contributed by atoms with Crippen LogP contribution in [0.1, 0.15) is 17.4 Å². The quantitative estimate of drug-likeness (QED) is 0.431. The van der Waals surface area contributed by atoms with E-state index in [0.29, 0.717) is 10.4 Å². The van der Waals surface area contributed by atoms with Gasteiger partial charge in [-0.25, -0.2) is 4.98 Å². The van der Waals surface area contributed by atoms with E-state index in [1.54, 1.807) is 26.3 Å². The molecule has 2 aromatic rings. The van der Waals surface area contributed by atoms with E-state index in [4.69, 9.17) is 5.41 Å².